The summed E-state index contributed by atoms with van der Waals surface area (Å²) in [7, 11) is 0. The molecule has 1 N–H and O–H groups in total. The molecule has 0 saturated heterocycles. The highest BCUT2D eigenvalue weighted by Gasteiger charge is 2.28. The lowest BCUT2D eigenvalue weighted by atomic mass is 9.89. The Hall–Kier alpha value is -0.0400. The maximum atomic E-state index is 3.71. The van der Waals surface area contributed by atoms with Gasteiger partial charge in [-0.15, -0.1) is 0 Å². The first-order valence-corrected chi connectivity index (χ1v) is 6.14. The third-order valence-corrected chi connectivity index (χ3v) is 3.20. The van der Waals surface area contributed by atoms with Crippen LogP contribution in [0.15, 0.2) is 0 Å². The van der Waals surface area contributed by atoms with E-state index < -0.39 is 0 Å². The van der Waals surface area contributed by atoms with Crippen LogP contribution in [0.4, 0.5) is 0 Å². The molecule has 2 unspecified atom stereocenters. The zero-order valence-corrected chi connectivity index (χ0v) is 10.6. The van der Waals surface area contributed by atoms with Crippen LogP contribution in [0, 0.1) is 11.3 Å². The van der Waals surface area contributed by atoms with E-state index in [-0.39, 0.29) is 0 Å². The van der Waals surface area contributed by atoms with Crippen LogP contribution in [0.1, 0.15) is 60.3 Å². The van der Waals surface area contributed by atoms with Crippen molar-refractivity contribution in [3.8, 4) is 0 Å². The molecule has 1 aliphatic rings. The minimum Gasteiger partial charge on any atom is -0.312 e. The van der Waals surface area contributed by atoms with E-state index >= 15 is 0 Å². The lowest BCUT2D eigenvalue weighted by molar-refractivity contribution is 0.321. The average Bonchev–Trinajstić information content (AvgIpc) is 2.81. The summed E-state index contributed by atoms with van der Waals surface area (Å²) in [6.07, 6.45) is 5.51. The zero-order chi connectivity index (χ0) is 10.8. The van der Waals surface area contributed by atoms with Gasteiger partial charge in [-0.25, -0.2) is 0 Å². The lowest BCUT2D eigenvalue weighted by Gasteiger charge is -2.24. The lowest BCUT2D eigenvalue weighted by Crippen LogP contribution is -2.36. The molecule has 1 saturated carbocycles. The second-order valence-electron chi connectivity index (χ2n) is 6.29. The molecule has 1 aliphatic carbocycles. The number of rotatable bonds is 5. The van der Waals surface area contributed by atoms with Gasteiger partial charge in [0.2, 0.25) is 0 Å². The van der Waals surface area contributed by atoms with Gasteiger partial charge in [-0.2, -0.15) is 0 Å². The van der Waals surface area contributed by atoms with Crippen molar-refractivity contribution < 1.29 is 0 Å². The van der Waals surface area contributed by atoms with Crippen molar-refractivity contribution in [1.82, 2.24) is 5.32 Å². The van der Waals surface area contributed by atoms with E-state index in [1.165, 1.54) is 25.7 Å². The Morgan fingerprint density at radius 2 is 1.79 bits per heavy atom. The normalized spacial score (nSPS) is 22.1. The summed E-state index contributed by atoms with van der Waals surface area (Å²) in [6.45, 7) is 11.6. The predicted molar refractivity (Wildman–Crippen MR) is 63.5 cm³/mol. The van der Waals surface area contributed by atoms with Crippen molar-refractivity contribution in [3.63, 3.8) is 0 Å². The SMILES string of the molecule is CC(CCC(C)(C)C)NC(C)C1CC1. The molecule has 0 heterocycles. The van der Waals surface area contributed by atoms with Gasteiger partial charge in [-0.3, -0.25) is 0 Å². The number of hydrogen-bond acceptors (Lipinski definition) is 1. The predicted octanol–water partition coefficient (Wildman–Crippen LogP) is 3.59. The summed E-state index contributed by atoms with van der Waals surface area (Å²) in [5.74, 6) is 0.979. The third-order valence-electron chi connectivity index (χ3n) is 3.20. The molecule has 1 heteroatoms. The van der Waals surface area contributed by atoms with Crippen LogP contribution >= 0.6 is 0 Å². The van der Waals surface area contributed by atoms with Gasteiger partial charge in [-0.05, 0) is 50.9 Å². The topological polar surface area (TPSA) is 12.0 Å². The van der Waals surface area contributed by atoms with Crippen LogP contribution < -0.4 is 5.32 Å². The number of nitrogens with one attached hydrogen (secondary N) is 1. The molecule has 14 heavy (non-hydrogen) atoms. The van der Waals surface area contributed by atoms with Crippen molar-refractivity contribution in [1.29, 1.82) is 0 Å². The van der Waals surface area contributed by atoms with Crippen molar-refractivity contribution in [2.45, 2.75) is 72.4 Å². The van der Waals surface area contributed by atoms with Gasteiger partial charge in [0.05, 0.1) is 0 Å². The molecule has 1 fully saturated rings. The van der Waals surface area contributed by atoms with E-state index in [2.05, 4.69) is 39.9 Å². The zero-order valence-electron chi connectivity index (χ0n) is 10.6. The van der Waals surface area contributed by atoms with E-state index in [1.54, 1.807) is 0 Å². The highest BCUT2D eigenvalue weighted by atomic mass is 14.9. The van der Waals surface area contributed by atoms with Gasteiger partial charge in [0, 0.05) is 12.1 Å². The molecule has 0 aromatic rings. The fourth-order valence-corrected chi connectivity index (χ4v) is 1.91. The Bertz CT molecular complexity index is 165. The third kappa shape index (κ3) is 4.99. The standard InChI is InChI=1S/C13H27N/c1-10(8-9-13(3,4)5)14-11(2)12-6-7-12/h10-12,14H,6-9H2,1-5H3. The van der Waals surface area contributed by atoms with Gasteiger partial charge in [-0.1, -0.05) is 20.8 Å². The first kappa shape index (κ1) is 12.0. The monoisotopic (exact) mass is 197 g/mol. The van der Waals surface area contributed by atoms with Gasteiger partial charge in [0.15, 0.2) is 0 Å². The van der Waals surface area contributed by atoms with Gasteiger partial charge >= 0.3 is 0 Å². The first-order chi connectivity index (χ1) is 6.38. The highest BCUT2D eigenvalue weighted by Crippen LogP contribution is 2.32. The van der Waals surface area contributed by atoms with Gasteiger partial charge < -0.3 is 5.32 Å². The molecule has 0 spiro atoms. The van der Waals surface area contributed by atoms with Crippen molar-refractivity contribution >= 4 is 0 Å². The maximum absolute atomic E-state index is 3.71. The van der Waals surface area contributed by atoms with Crippen LogP contribution in [0.5, 0.6) is 0 Å². The van der Waals surface area contributed by atoms with Crippen LogP contribution in [-0.4, -0.2) is 12.1 Å². The minimum atomic E-state index is 0.485. The maximum Gasteiger partial charge on any atom is 0.00694 e. The number of hydrogen-bond donors (Lipinski definition) is 1. The Morgan fingerprint density at radius 3 is 2.21 bits per heavy atom. The Balaban J connectivity index is 2.11. The summed E-state index contributed by atoms with van der Waals surface area (Å²) in [5.41, 5.74) is 0.485. The second-order valence-corrected chi connectivity index (χ2v) is 6.29. The van der Waals surface area contributed by atoms with E-state index in [9.17, 15) is 0 Å². The van der Waals surface area contributed by atoms with E-state index in [4.69, 9.17) is 0 Å². The van der Waals surface area contributed by atoms with Crippen LogP contribution in [-0.2, 0) is 0 Å². The molecule has 0 aromatic carbocycles. The Labute approximate surface area is 89.7 Å². The van der Waals surface area contributed by atoms with Gasteiger partial charge in [0.25, 0.3) is 0 Å². The average molecular weight is 197 g/mol. The Morgan fingerprint density at radius 1 is 1.21 bits per heavy atom. The molecule has 0 radical (unpaired) electrons. The first-order valence-electron chi connectivity index (χ1n) is 6.14. The molecule has 0 bridgehead atoms. The summed E-state index contributed by atoms with van der Waals surface area (Å²) in [6, 6.07) is 1.43. The van der Waals surface area contributed by atoms with Crippen molar-refractivity contribution in [2.24, 2.45) is 11.3 Å². The van der Waals surface area contributed by atoms with Crippen LogP contribution in [0.2, 0.25) is 0 Å². The van der Waals surface area contributed by atoms with Gasteiger partial charge in [0.1, 0.15) is 0 Å². The molecule has 84 valence electrons. The summed E-state index contributed by atoms with van der Waals surface area (Å²) >= 11 is 0. The molecular weight excluding hydrogens is 170 g/mol. The van der Waals surface area contributed by atoms with Crippen LogP contribution in [0.3, 0.4) is 0 Å². The van der Waals surface area contributed by atoms with E-state index in [1.807, 2.05) is 0 Å². The van der Waals surface area contributed by atoms with E-state index in [0.29, 0.717) is 11.5 Å². The summed E-state index contributed by atoms with van der Waals surface area (Å²) in [4.78, 5) is 0. The Kier molecular flexibility index (Phi) is 4.00. The molecule has 1 rings (SSSR count). The van der Waals surface area contributed by atoms with Crippen molar-refractivity contribution in [2.75, 3.05) is 0 Å². The summed E-state index contributed by atoms with van der Waals surface area (Å²) < 4.78 is 0. The molecular formula is C13H27N. The molecule has 2 atom stereocenters. The smallest absolute Gasteiger partial charge is 0.00694 e. The van der Waals surface area contributed by atoms with Crippen LogP contribution in [0.25, 0.3) is 0 Å². The largest absolute Gasteiger partial charge is 0.312 e. The quantitative estimate of drug-likeness (QED) is 0.710. The molecule has 0 aromatic heterocycles. The fraction of sp³-hybridized carbons (Fsp3) is 1.00. The molecule has 1 nitrogen and oxygen atoms in total. The summed E-state index contributed by atoms with van der Waals surface area (Å²) in [5, 5.41) is 3.71. The fourth-order valence-electron chi connectivity index (χ4n) is 1.91. The highest BCUT2D eigenvalue weighted by molar-refractivity contribution is 4.84. The molecule has 0 amide bonds. The second kappa shape index (κ2) is 4.65. The van der Waals surface area contributed by atoms with Crippen molar-refractivity contribution in [3.05, 3.63) is 0 Å². The van der Waals surface area contributed by atoms with E-state index in [0.717, 1.165) is 12.0 Å². The minimum absolute atomic E-state index is 0.485. The molecule has 0 aliphatic heterocycles.